The van der Waals surface area contributed by atoms with Gasteiger partial charge in [0.15, 0.2) is 0 Å². The van der Waals surface area contributed by atoms with E-state index in [-0.39, 0.29) is 0 Å². The Bertz CT molecular complexity index is 924. The van der Waals surface area contributed by atoms with Crippen LogP contribution < -0.4 is 5.32 Å². The summed E-state index contributed by atoms with van der Waals surface area (Å²) in [5.74, 6) is 0.874. The minimum atomic E-state index is -0.402. The molecule has 2 heterocycles. The zero-order valence-corrected chi connectivity index (χ0v) is 16.7. The van der Waals surface area contributed by atoms with Gasteiger partial charge in [-0.15, -0.1) is 0 Å². The van der Waals surface area contributed by atoms with E-state index in [2.05, 4.69) is 49.3 Å². The normalized spacial score (nSPS) is 16.0. The van der Waals surface area contributed by atoms with Gasteiger partial charge in [0.1, 0.15) is 5.82 Å². The molecule has 0 aliphatic heterocycles. The van der Waals surface area contributed by atoms with Crippen molar-refractivity contribution in [1.82, 2.24) is 9.97 Å². The summed E-state index contributed by atoms with van der Waals surface area (Å²) in [6.45, 7) is 9.18. The topological polar surface area (TPSA) is 58.0 Å². The van der Waals surface area contributed by atoms with Gasteiger partial charge in [-0.1, -0.05) is 31.6 Å². The second-order valence-electron chi connectivity index (χ2n) is 7.00. The quantitative estimate of drug-likeness (QED) is 0.734. The number of nitrogens with one attached hydrogen (secondary N) is 1. The van der Waals surface area contributed by atoms with Crippen LogP contribution >= 0.6 is 0 Å². The number of rotatable bonds is 6. The summed E-state index contributed by atoms with van der Waals surface area (Å²) in [5, 5.41) is 15.8. The third-order valence-corrected chi connectivity index (χ3v) is 5.17. The van der Waals surface area contributed by atoms with Gasteiger partial charge in [-0.05, 0) is 62.0 Å². The standard InChI is InChI=1S/C23H29N3O/c1-5-16-8-9-19(15(4)10-20(16)22(27)6-2)21-11-17-14-26-23(24-7-3)12-18(17)13-25-21/h9-14,22,27H,5-8H2,1-4H3,(H,24,26). The Kier molecular flexibility index (Phi) is 6.07. The smallest absolute Gasteiger partial charge is 0.126 e. The molecule has 0 radical (unpaired) electrons. The first-order valence-electron chi connectivity index (χ1n) is 9.86. The highest BCUT2D eigenvalue weighted by molar-refractivity contribution is 5.88. The van der Waals surface area contributed by atoms with Crippen LogP contribution in [-0.2, 0) is 0 Å². The van der Waals surface area contributed by atoms with Gasteiger partial charge in [0, 0.05) is 29.7 Å². The Morgan fingerprint density at radius 2 is 1.85 bits per heavy atom. The molecule has 0 fully saturated rings. The summed E-state index contributed by atoms with van der Waals surface area (Å²) in [4.78, 5) is 9.20. The minimum Gasteiger partial charge on any atom is -0.388 e. The van der Waals surface area contributed by atoms with Crippen molar-refractivity contribution in [2.45, 2.75) is 53.1 Å². The number of anilines is 1. The SMILES string of the molecule is CCNc1cc2cnc(C3=CCC(CC)=C(C(O)CC)C=C3C)cc2cn1. The van der Waals surface area contributed by atoms with E-state index in [4.69, 9.17) is 4.98 Å². The highest BCUT2D eigenvalue weighted by Crippen LogP contribution is 2.32. The number of fused-ring (bicyclic) bond motifs is 1. The first kappa shape index (κ1) is 19.3. The van der Waals surface area contributed by atoms with Gasteiger partial charge in [-0.25, -0.2) is 4.98 Å². The first-order valence-corrected chi connectivity index (χ1v) is 9.86. The van der Waals surface area contributed by atoms with Crippen LogP contribution in [0.1, 0.15) is 52.7 Å². The van der Waals surface area contributed by atoms with Crippen molar-refractivity contribution in [1.29, 1.82) is 0 Å². The predicted molar refractivity (Wildman–Crippen MR) is 114 cm³/mol. The fourth-order valence-corrected chi connectivity index (χ4v) is 3.59. The molecule has 0 saturated heterocycles. The lowest BCUT2D eigenvalue weighted by atomic mass is 9.96. The molecule has 4 heteroatoms. The highest BCUT2D eigenvalue weighted by atomic mass is 16.3. The molecule has 1 aliphatic carbocycles. The highest BCUT2D eigenvalue weighted by Gasteiger charge is 2.17. The summed E-state index contributed by atoms with van der Waals surface area (Å²) in [5.41, 5.74) is 5.61. The maximum Gasteiger partial charge on any atom is 0.126 e. The van der Waals surface area contributed by atoms with Crippen molar-refractivity contribution in [2.75, 3.05) is 11.9 Å². The zero-order chi connectivity index (χ0) is 19.4. The van der Waals surface area contributed by atoms with Crippen LogP contribution in [0.25, 0.3) is 16.3 Å². The van der Waals surface area contributed by atoms with Crippen molar-refractivity contribution in [3.05, 3.63) is 59.1 Å². The first-order chi connectivity index (χ1) is 13.1. The number of aliphatic hydroxyl groups excluding tert-OH is 1. The summed E-state index contributed by atoms with van der Waals surface area (Å²) in [6, 6.07) is 4.14. The molecule has 0 bridgehead atoms. The van der Waals surface area contributed by atoms with Crippen molar-refractivity contribution < 1.29 is 5.11 Å². The minimum absolute atomic E-state index is 0.402. The lowest BCUT2D eigenvalue weighted by molar-refractivity contribution is 0.209. The Morgan fingerprint density at radius 1 is 1.11 bits per heavy atom. The fourth-order valence-electron chi connectivity index (χ4n) is 3.59. The second kappa shape index (κ2) is 8.49. The number of hydrogen-bond donors (Lipinski definition) is 2. The molecule has 2 N–H and O–H groups in total. The summed E-state index contributed by atoms with van der Waals surface area (Å²) >= 11 is 0. The summed E-state index contributed by atoms with van der Waals surface area (Å²) < 4.78 is 0. The molecule has 1 unspecified atom stereocenters. The molecule has 142 valence electrons. The molecule has 1 atom stereocenters. The number of aliphatic hydroxyl groups is 1. The third-order valence-electron chi connectivity index (χ3n) is 5.17. The van der Waals surface area contributed by atoms with Gasteiger partial charge in [0.25, 0.3) is 0 Å². The van der Waals surface area contributed by atoms with Crippen LogP contribution in [0, 0.1) is 0 Å². The van der Waals surface area contributed by atoms with E-state index in [1.54, 1.807) is 0 Å². The molecular weight excluding hydrogens is 334 g/mol. The van der Waals surface area contributed by atoms with E-state index >= 15 is 0 Å². The van der Waals surface area contributed by atoms with Gasteiger partial charge < -0.3 is 10.4 Å². The lowest BCUT2D eigenvalue weighted by Gasteiger charge is -2.14. The average molecular weight is 364 g/mol. The third kappa shape index (κ3) is 4.11. The Balaban J connectivity index is 1.99. The number of aromatic nitrogens is 2. The monoisotopic (exact) mass is 363 g/mol. The number of pyridine rings is 2. The Hall–Kier alpha value is -2.46. The maximum atomic E-state index is 10.4. The van der Waals surface area contributed by atoms with Gasteiger partial charge in [-0.3, -0.25) is 4.98 Å². The molecule has 27 heavy (non-hydrogen) atoms. The van der Waals surface area contributed by atoms with Crippen LogP contribution in [-0.4, -0.2) is 27.7 Å². The largest absolute Gasteiger partial charge is 0.388 e. The molecule has 2 aromatic rings. The molecule has 2 aromatic heterocycles. The van der Waals surface area contributed by atoms with E-state index < -0.39 is 6.10 Å². The Labute approximate surface area is 161 Å². The summed E-state index contributed by atoms with van der Waals surface area (Å²) in [6.07, 6.45) is 10.3. The van der Waals surface area contributed by atoms with Crippen LogP contribution in [0.4, 0.5) is 5.82 Å². The van der Waals surface area contributed by atoms with Crippen LogP contribution in [0.5, 0.6) is 0 Å². The predicted octanol–water partition coefficient (Wildman–Crippen LogP) is 5.27. The van der Waals surface area contributed by atoms with E-state index in [0.29, 0.717) is 0 Å². The van der Waals surface area contributed by atoms with E-state index in [1.165, 1.54) is 5.57 Å². The van der Waals surface area contributed by atoms with Crippen molar-refractivity contribution in [2.24, 2.45) is 0 Å². The maximum absolute atomic E-state index is 10.4. The van der Waals surface area contributed by atoms with Crippen LogP contribution in [0.2, 0.25) is 0 Å². The van der Waals surface area contributed by atoms with E-state index in [9.17, 15) is 5.11 Å². The fraction of sp³-hybridized carbons (Fsp3) is 0.391. The Morgan fingerprint density at radius 3 is 2.56 bits per heavy atom. The second-order valence-corrected chi connectivity index (χ2v) is 7.00. The molecule has 0 aromatic carbocycles. The van der Waals surface area contributed by atoms with Crippen molar-refractivity contribution in [3.63, 3.8) is 0 Å². The van der Waals surface area contributed by atoms with Gasteiger partial charge in [0.2, 0.25) is 0 Å². The molecule has 1 aliphatic rings. The summed E-state index contributed by atoms with van der Waals surface area (Å²) in [7, 11) is 0. The number of hydrogen-bond acceptors (Lipinski definition) is 4. The van der Waals surface area contributed by atoms with Crippen LogP contribution in [0.15, 0.2) is 53.4 Å². The van der Waals surface area contributed by atoms with E-state index in [1.807, 2.05) is 25.4 Å². The number of allylic oxidation sites excluding steroid dienone is 4. The van der Waals surface area contributed by atoms with Gasteiger partial charge >= 0.3 is 0 Å². The lowest BCUT2D eigenvalue weighted by Crippen LogP contribution is -2.09. The van der Waals surface area contributed by atoms with E-state index in [0.717, 1.165) is 64.8 Å². The molecule has 0 spiro atoms. The molecule has 3 rings (SSSR count). The molecule has 0 amide bonds. The molecule has 0 saturated carbocycles. The van der Waals surface area contributed by atoms with Gasteiger partial charge in [0.05, 0.1) is 11.8 Å². The van der Waals surface area contributed by atoms with Crippen molar-refractivity contribution >= 4 is 22.2 Å². The number of nitrogens with zero attached hydrogens (tertiary/aromatic N) is 2. The average Bonchev–Trinajstić information content (AvgIpc) is 2.85. The van der Waals surface area contributed by atoms with Gasteiger partial charge in [-0.2, -0.15) is 0 Å². The van der Waals surface area contributed by atoms with Crippen molar-refractivity contribution in [3.8, 4) is 0 Å². The molecule has 4 nitrogen and oxygen atoms in total. The molecular formula is C23H29N3O. The van der Waals surface area contributed by atoms with Crippen LogP contribution in [0.3, 0.4) is 0 Å². The zero-order valence-electron chi connectivity index (χ0n) is 16.7.